The van der Waals surface area contributed by atoms with Gasteiger partial charge in [-0.15, -0.1) is 0 Å². The number of imidazole rings is 1. The highest BCUT2D eigenvalue weighted by molar-refractivity contribution is 6.30. The first kappa shape index (κ1) is 10.9. The standard InChI is InChI=1S/C15H17ClN2/c16-11-3-4-14-17-12-5-8-15(6-1-2-7-15)9-13(12)18(14)10-11/h3-4,10H,1-2,5-9H2. The molecule has 0 saturated heterocycles. The Morgan fingerprint density at radius 3 is 2.83 bits per heavy atom. The van der Waals surface area contributed by atoms with Crippen LogP contribution in [0.2, 0.25) is 5.02 Å². The molecule has 2 nitrogen and oxygen atoms in total. The molecule has 0 aliphatic heterocycles. The summed E-state index contributed by atoms with van der Waals surface area (Å²) in [5.41, 5.74) is 4.35. The third kappa shape index (κ3) is 1.51. The number of nitrogens with zero attached hydrogens (tertiary/aromatic N) is 2. The Balaban J connectivity index is 1.86. The maximum Gasteiger partial charge on any atom is 0.137 e. The molecule has 0 N–H and O–H groups in total. The van der Waals surface area contributed by atoms with Gasteiger partial charge in [-0.25, -0.2) is 4.98 Å². The maximum atomic E-state index is 6.12. The summed E-state index contributed by atoms with van der Waals surface area (Å²) in [7, 11) is 0. The van der Waals surface area contributed by atoms with E-state index in [1.165, 1.54) is 49.9 Å². The summed E-state index contributed by atoms with van der Waals surface area (Å²) in [6, 6.07) is 3.96. The summed E-state index contributed by atoms with van der Waals surface area (Å²) in [6.07, 6.45) is 11.3. The molecule has 2 heterocycles. The van der Waals surface area contributed by atoms with E-state index in [0.29, 0.717) is 5.41 Å². The molecule has 2 aliphatic carbocycles. The lowest BCUT2D eigenvalue weighted by Gasteiger charge is -2.32. The molecule has 0 radical (unpaired) electrons. The molecule has 18 heavy (non-hydrogen) atoms. The first-order chi connectivity index (χ1) is 8.76. The van der Waals surface area contributed by atoms with Crippen LogP contribution in [0, 0.1) is 5.41 Å². The average molecular weight is 261 g/mol. The minimum Gasteiger partial charge on any atom is -0.302 e. The zero-order chi connectivity index (χ0) is 12.2. The van der Waals surface area contributed by atoms with Crippen molar-refractivity contribution in [3.05, 3.63) is 34.7 Å². The van der Waals surface area contributed by atoms with Gasteiger partial charge >= 0.3 is 0 Å². The number of hydrogen-bond acceptors (Lipinski definition) is 1. The monoisotopic (exact) mass is 260 g/mol. The molecule has 2 aromatic heterocycles. The number of hydrogen-bond donors (Lipinski definition) is 0. The Morgan fingerprint density at radius 1 is 1.17 bits per heavy atom. The molecule has 3 heteroatoms. The van der Waals surface area contributed by atoms with Crippen molar-refractivity contribution in [1.82, 2.24) is 9.38 Å². The lowest BCUT2D eigenvalue weighted by atomic mass is 9.73. The van der Waals surface area contributed by atoms with Crippen LogP contribution >= 0.6 is 11.6 Å². The van der Waals surface area contributed by atoms with Crippen molar-refractivity contribution in [2.24, 2.45) is 5.41 Å². The van der Waals surface area contributed by atoms with Crippen molar-refractivity contribution in [3.63, 3.8) is 0 Å². The fraction of sp³-hybridized carbons (Fsp3) is 0.533. The van der Waals surface area contributed by atoms with Crippen molar-refractivity contribution in [3.8, 4) is 0 Å². The van der Waals surface area contributed by atoms with Gasteiger partial charge in [0.15, 0.2) is 0 Å². The molecular weight excluding hydrogens is 244 g/mol. The predicted molar refractivity (Wildman–Crippen MR) is 73.1 cm³/mol. The average Bonchev–Trinajstić information content (AvgIpc) is 2.95. The second-order valence-corrected chi connectivity index (χ2v) is 6.40. The number of aryl methyl sites for hydroxylation is 1. The Labute approximate surface area is 112 Å². The fourth-order valence-corrected chi connectivity index (χ4v) is 4.04. The highest BCUT2D eigenvalue weighted by atomic mass is 35.5. The van der Waals surface area contributed by atoms with E-state index in [9.17, 15) is 0 Å². The van der Waals surface area contributed by atoms with Gasteiger partial charge in [0.05, 0.1) is 10.7 Å². The van der Waals surface area contributed by atoms with E-state index in [2.05, 4.69) is 4.40 Å². The van der Waals surface area contributed by atoms with Gasteiger partial charge in [-0.2, -0.15) is 0 Å². The van der Waals surface area contributed by atoms with Gasteiger partial charge in [0.25, 0.3) is 0 Å². The molecular formula is C15H17ClN2. The third-order valence-corrected chi connectivity index (χ3v) is 5.09. The Bertz CT molecular complexity index is 608. The zero-order valence-corrected chi connectivity index (χ0v) is 11.2. The minimum absolute atomic E-state index is 0.575. The molecule has 2 aliphatic rings. The molecule has 1 fully saturated rings. The summed E-state index contributed by atoms with van der Waals surface area (Å²) >= 11 is 6.12. The van der Waals surface area contributed by atoms with Crippen molar-refractivity contribution in [2.75, 3.05) is 0 Å². The minimum atomic E-state index is 0.575. The predicted octanol–water partition coefficient (Wildman–Crippen LogP) is 4.04. The first-order valence-corrected chi connectivity index (χ1v) is 7.29. The lowest BCUT2D eigenvalue weighted by molar-refractivity contribution is 0.250. The topological polar surface area (TPSA) is 17.3 Å². The van der Waals surface area contributed by atoms with Crippen molar-refractivity contribution in [2.45, 2.75) is 44.9 Å². The van der Waals surface area contributed by atoms with Crippen LogP contribution in [0.25, 0.3) is 5.65 Å². The van der Waals surface area contributed by atoms with Crippen LogP contribution in [0.15, 0.2) is 18.3 Å². The van der Waals surface area contributed by atoms with E-state index in [1.54, 1.807) is 0 Å². The quantitative estimate of drug-likeness (QED) is 0.699. The SMILES string of the molecule is Clc1ccc2nc3c(n2c1)CC1(CCCC1)CC3. The number of halogens is 1. The van der Waals surface area contributed by atoms with E-state index >= 15 is 0 Å². The molecule has 0 amide bonds. The number of fused-ring (bicyclic) bond motifs is 3. The largest absolute Gasteiger partial charge is 0.302 e. The molecule has 0 aromatic carbocycles. The van der Waals surface area contributed by atoms with E-state index in [4.69, 9.17) is 16.6 Å². The number of aromatic nitrogens is 2. The Morgan fingerprint density at radius 2 is 2.00 bits per heavy atom. The molecule has 0 atom stereocenters. The summed E-state index contributed by atoms with van der Waals surface area (Å²) in [4.78, 5) is 4.75. The summed E-state index contributed by atoms with van der Waals surface area (Å²) in [6.45, 7) is 0. The van der Waals surface area contributed by atoms with Crippen molar-refractivity contribution < 1.29 is 0 Å². The van der Waals surface area contributed by atoms with Gasteiger partial charge in [-0.3, -0.25) is 0 Å². The van der Waals surface area contributed by atoms with Crippen LogP contribution in [-0.2, 0) is 12.8 Å². The van der Waals surface area contributed by atoms with Crippen molar-refractivity contribution in [1.29, 1.82) is 0 Å². The van der Waals surface area contributed by atoms with Crippen LogP contribution in [-0.4, -0.2) is 9.38 Å². The van der Waals surface area contributed by atoms with Crippen LogP contribution in [0.4, 0.5) is 0 Å². The fourth-order valence-electron chi connectivity index (χ4n) is 3.88. The maximum absolute atomic E-state index is 6.12. The normalized spacial score (nSPS) is 21.6. The molecule has 2 aromatic rings. The zero-order valence-electron chi connectivity index (χ0n) is 10.5. The van der Waals surface area contributed by atoms with E-state index in [-0.39, 0.29) is 0 Å². The Kier molecular flexibility index (Phi) is 2.25. The summed E-state index contributed by atoms with van der Waals surface area (Å²) in [5, 5.41) is 0.800. The van der Waals surface area contributed by atoms with Gasteiger partial charge in [0.1, 0.15) is 5.65 Å². The second kappa shape index (κ2) is 3.74. The highest BCUT2D eigenvalue weighted by Gasteiger charge is 2.38. The van der Waals surface area contributed by atoms with Gasteiger partial charge in [0, 0.05) is 11.9 Å². The summed E-state index contributed by atoms with van der Waals surface area (Å²) < 4.78 is 2.22. The first-order valence-electron chi connectivity index (χ1n) is 6.91. The molecule has 0 unspecified atom stereocenters. The Hall–Kier alpha value is -1.02. The molecule has 1 spiro atoms. The van der Waals surface area contributed by atoms with E-state index in [0.717, 1.165) is 17.1 Å². The molecule has 94 valence electrons. The lowest BCUT2D eigenvalue weighted by Crippen LogP contribution is -2.26. The van der Waals surface area contributed by atoms with Crippen LogP contribution in [0.3, 0.4) is 0 Å². The van der Waals surface area contributed by atoms with Gasteiger partial charge < -0.3 is 4.40 Å². The smallest absolute Gasteiger partial charge is 0.137 e. The highest BCUT2D eigenvalue weighted by Crippen LogP contribution is 2.47. The van der Waals surface area contributed by atoms with Crippen molar-refractivity contribution >= 4 is 17.2 Å². The summed E-state index contributed by atoms with van der Waals surface area (Å²) in [5.74, 6) is 0. The number of pyridine rings is 1. The van der Waals surface area contributed by atoms with Crippen LogP contribution in [0.5, 0.6) is 0 Å². The van der Waals surface area contributed by atoms with Gasteiger partial charge in [-0.05, 0) is 49.7 Å². The molecule has 0 bridgehead atoms. The van der Waals surface area contributed by atoms with Crippen LogP contribution in [0.1, 0.15) is 43.5 Å². The van der Waals surface area contributed by atoms with Gasteiger partial charge in [-0.1, -0.05) is 24.4 Å². The molecule has 1 saturated carbocycles. The second-order valence-electron chi connectivity index (χ2n) is 5.96. The third-order valence-electron chi connectivity index (χ3n) is 4.86. The van der Waals surface area contributed by atoms with E-state index < -0.39 is 0 Å². The number of rotatable bonds is 0. The van der Waals surface area contributed by atoms with Gasteiger partial charge in [0.2, 0.25) is 0 Å². The van der Waals surface area contributed by atoms with E-state index in [1.807, 2.05) is 18.3 Å². The van der Waals surface area contributed by atoms with Crippen LogP contribution < -0.4 is 0 Å². The molecule has 4 rings (SSSR count).